The van der Waals surface area contributed by atoms with Crippen molar-refractivity contribution in [3.8, 4) is 12.1 Å². The fourth-order valence-corrected chi connectivity index (χ4v) is 1.18. The van der Waals surface area contributed by atoms with Gasteiger partial charge in [-0.05, 0) is 12.8 Å². The van der Waals surface area contributed by atoms with Crippen LogP contribution in [0.15, 0.2) is 0 Å². The molecule has 68 valence electrons. The van der Waals surface area contributed by atoms with Gasteiger partial charge in [0, 0.05) is 13.6 Å². The summed E-state index contributed by atoms with van der Waals surface area (Å²) in [4.78, 5) is 13.0. The predicted molar refractivity (Wildman–Crippen MR) is 45.1 cm³/mol. The van der Waals surface area contributed by atoms with Gasteiger partial charge < -0.3 is 4.90 Å². The monoisotopic (exact) mass is 177 g/mol. The zero-order valence-corrected chi connectivity index (χ0v) is 7.58. The average Bonchev–Trinajstić information content (AvgIpc) is 2.93. The van der Waals surface area contributed by atoms with Crippen molar-refractivity contribution in [3.05, 3.63) is 0 Å². The molecule has 13 heavy (non-hydrogen) atoms. The Morgan fingerprint density at radius 2 is 2.15 bits per heavy atom. The molecular formula is C9H11N3O. The van der Waals surface area contributed by atoms with Crippen LogP contribution in [0.3, 0.4) is 0 Å². The number of amides is 1. The van der Waals surface area contributed by atoms with Crippen LogP contribution in [0.4, 0.5) is 0 Å². The molecule has 0 aromatic carbocycles. The van der Waals surface area contributed by atoms with E-state index in [9.17, 15) is 4.79 Å². The third-order valence-electron chi connectivity index (χ3n) is 2.28. The van der Waals surface area contributed by atoms with Crippen molar-refractivity contribution in [3.63, 3.8) is 0 Å². The number of nitrogens with zero attached hydrogens (tertiary/aromatic N) is 3. The maximum atomic E-state index is 11.6. The first kappa shape index (κ1) is 9.54. The third kappa shape index (κ3) is 1.78. The van der Waals surface area contributed by atoms with Gasteiger partial charge in [0.15, 0.2) is 0 Å². The van der Waals surface area contributed by atoms with Gasteiger partial charge in [-0.15, -0.1) is 0 Å². The van der Waals surface area contributed by atoms with Gasteiger partial charge in [0.2, 0.25) is 5.91 Å². The minimum absolute atomic E-state index is 0.134. The van der Waals surface area contributed by atoms with Gasteiger partial charge in [0.1, 0.15) is 5.41 Å². The van der Waals surface area contributed by atoms with Crippen LogP contribution in [0.2, 0.25) is 0 Å². The lowest BCUT2D eigenvalue weighted by atomic mass is 10.1. The Hall–Kier alpha value is -1.55. The number of hydrogen-bond donors (Lipinski definition) is 0. The summed E-state index contributed by atoms with van der Waals surface area (Å²) >= 11 is 0. The van der Waals surface area contributed by atoms with Gasteiger partial charge in [-0.25, -0.2) is 0 Å². The number of carbonyl (C=O) groups excluding carboxylic acids is 1. The second kappa shape index (κ2) is 3.45. The molecule has 1 saturated carbocycles. The summed E-state index contributed by atoms with van der Waals surface area (Å²) in [6, 6.07) is 4.00. The lowest BCUT2D eigenvalue weighted by Gasteiger charge is -2.17. The van der Waals surface area contributed by atoms with Gasteiger partial charge in [0.25, 0.3) is 0 Å². The van der Waals surface area contributed by atoms with E-state index in [1.165, 1.54) is 4.90 Å². The first-order chi connectivity index (χ1) is 6.16. The minimum atomic E-state index is -0.746. The van der Waals surface area contributed by atoms with Crippen LogP contribution in [0.1, 0.15) is 19.3 Å². The summed E-state index contributed by atoms with van der Waals surface area (Å²) in [6.07, 6.45) is 1.65. The number of nitriles is 2. The molecule has 0 saturated heterocycles. The van der Waals surface area contributed by atoms with Crippen molar-refractivity contribution < 1.29 is 4.79 Å². The molecule has 0 bridgehead atoms. The van der Waals surface area contributed by atoms with E-state index in [2.05, 4.69) is 0 Å². The zero-order chi connectivity index (χ0) is 9.90. The van der Waals surface area contributed by atoms with Crippen LogP contribution in [-0.4, -0.2) is 24.4 Å². The molecule has 0 atom stereocenters. The predicted octanol–water partition coefficient (Wildman–Crippen LogP) is 0.662. The smallest absolute Gasteiger partial charge is 0.242 e. The molecule has 1 fully saturated rings. The van der Waals surface area contributed by atoms with E-state index in [1.54, 1.807) is 7.05 Å². The van der Waals surface area contributed by atoms with Crippen LogP contribution in [-0.2, 0) is 4.79 Å². The molecule has 1 amide bonds. The van der Waals surface area contributed by atoms with Crippen LogP contribution in [0.25, 0.3) is 0 Å². The number of hydrogen-bond acceptors (Lipinski definition) is 3. The van der Waals surface area contributed by atoms with E-state index >= 15 is 0 Å². The number of carbonyl (C=O) groups is 1. The highest BCUT2D eigenvalue weighted by atomic mass is 16.2. The summed E-state index contributed by atoms with van der Waals surface area (Å²) in [5.41, 5.74) is -0.746. The van der Waals surface area contributed by atoms with Crippen molar-refractivity contribution in [2.75, 3.05) is 13.6 Å². The Bertz CT molecular complexity index is 293. The van der Waals surface area contributed by atoms with Crippen LogP contribution in [0, 0.1) is 28.1 Å². The van der Waals surface area contributed by atoms with Crippen molar-refractivity contribution >= 4 is 5.91 Å². The maximum Gasteiger partial charge on any atom is 0.242 e. The molecule has 4 nitrogen and oxygen atoms in total. The summed E-state index contributed by atoms with van der Waals surface area (Å²) < 4.78 is 0. The standard InChI is InChI=1S/C9H11N3O/c1-12(6-2-5-10)8(13)9(7-11)3-4-9/h2-4,6H2,1H3. The van der Waals surface area contributed by atoms with Crippen molar-refractivity contribution in [2.45, 2.75) is 19.3 Å². The second-order valence-electron chi connectivity index (χ2n) is 3.33. The van der Waals surface area contributed by atoms with Crippen LogP contribution >= 0.6 is 0 Å². The summed E-state index contributed by atoms with van der Waals surface area (Å²) in [7, 11) is 1.64. The molecule has 0 aromatic rings. The Labute approximate surface area is 77.4 Å². The first-order valence-corrected chi connectivity index (χ1v) is 4.20. The van der Waals surface area contributed by atoms with E-state index in [0.29, 0.717) is 25.8 Å². The van der Waals surface area contributed by atoms with E-state index in [-0.39, 0.29) is 5.91 Å². The summed E-state index contributed by atoms with van der Waals surface area (Å²) in [6.45, 7) is 0.415. The highest BCUT2D eigenvalue weighted by Crippen LogP contribution is 2.46. The maximum absolute atomic E-state index is 11.6. The Balaban J connectivity index is 2.50. The minimum Gasteiger partial charge on any atom is -0.343 e. The highest BCUT2D eigenvalue weighted by molar-refractivity contribution is 5.88. The third-order valence-corrected chi connectivity index (χ3v) is 2.28. The fraction of sp³-hybridized carbons (Fsp3) is 0.667. The quantitative estimate of drug-likeness (QED) is 0.636. The summed E-state index contributed by atoms with van der Waals surface area (Å²) in [5.74, 6) is -0.134. The molecule has 0 heterocycles. The lowest BCUT2D eigenvalue weighted by Crippen LogP contribution is -2.34. The molecule has 0 aliphatic heterocycles. The van der Waals surface area contributed by atoms with Gasteiger partial charge in [-0.2, -0.15) is 10.5 Å². The Morgan fingerprint density at radius 1 is 1.54 bits per heavy atom. The zero-order valence-electron chi connectivity index (χ0n) is 7.58. The van der Waals surface area contributed by atoms with Gasteiger partial charge >= 0.3 is 0 Å². The molecular weight excluding hydrogens is 166 g/mol. The summed E-state index contributed by atoms with van der Waals surface area (Å²) in [5, 5.41) is 17.1. The van der Waals surface area contributed by atoms with Gasteiger partial charge in [0.05, 0.1) is 18.6 Å². The lowest BCUT2D eigenvalue weighted by molar-refractivity contribution is -0.133. The van der Waals surface area contributed by atoms with E-state index < -0.39 is 5.41 Å². The highest BCUT2D eigenvalue weighted by Gasteiger charge is 2.51. The molecule has 0 N–H and O–H groups in total. The van der Waals surface area contributed by atoms with Gasteiger partial charge in [-0.1, -0.05) is 0 Å². The second-order valence-corrected chi connectivity index (χ2v) is 3.33. The molecule has 0 radical (unpaired) electrons. The van der Waals surface area contributed by atoms with Crippen molar-refractivity contribution in [2.24, 2.45) is 5.41 Å². The average molecular weight is 177 g/mol. The normalized spacial score (nSPS) is 16.8. The molecule has 1 rings (SSSR count). The SMILES string of the molecule is CN(CCC#N)C(=O)C1(C#N)CC1. The van der Waals surface area contributed by atoms with Crippen LogP contribution < -0.4 is 0 Å². The van der Waals surface area contributed by atoms with Crippen LogP contribution in [0.5, 0.6) is 0 Å². The molecule has 4 heteroatoms. The van der Waals surface area contributed by atoms with E-state index in [1.807, 2.05) is 12.1 Å². The molecule has 0 aromatic heterocycles. The van der Waals surface area contributed by atoms with Crippen molar-refractivity contribution in [1.29, 1.82) is 10.5 Å². The molecule has 0 spiro atoms. The fourth-order valence-electron chi connectivity index (χ4n) is 1.18. The molecule has 1 aliphatic carbocycles. The van der Waals surface area contributed by atoms with Crippen molar-refractivity contribution in [1.82, 2.24) is 4.90 Å². The van der Waals surface area contributed by atoms with E-state index in [0.717, 1.165) is 0 Å². The first-order valence-electron chi connectivity index (χ1n) is 4.20. The Morgan fingerprint density at radius 3 is 2.54 bits per heavy atom. The Kier molecular flexibility index (Phi) is 2.53. The number of rotatable bonds is 3. The topological polar surface area (TPSA) is 67.9 Å². The molecule has 0 unspecified atom stereocenters. The largest absolute Gasteiger partial charge is 0.343 e. The molecule has 1 aliphatic rings. The van der Waals surface area contributed by atoms with Gasteiger partial charge in [-0.3, -0.25) is 4.79 Å². The van der Waals surface area contributed by atoms with E-state index in [4.69, 9.17) is 10.5 Å².